The van der Waals surface area contributed by atoms with Crippen molar-refractivity contribution in [3.05, 3.63) is 64.7 Å². The van der Waals surface area contributed by atoms with Crippen LogP contribution in [0.1, 0.15) is 59.2 Å². The first-order chi connectivity index (χ1) is 15.5. The van der Waals surface area contributed by atoms with Crippen molar-refractivity contribution < 1.29 is 19.5 Å². The van der Waals surface area contributed by atoms with E-state index in [4.69, 9.17) is 0 Å². The number of aryl methyl sites for hydroxylation is 2. The largest absolute Gasteiger partial charge is 0.465 e. The summed E-state index contributed by atoms with van der Waals surface area (Å²) in [7, 11) is 0. The molecule has 2 aliphatic rings. The molecular weight excluding hydrogens is 404 g/mol. The molecular formula is C26H30N2O4. The minimum atomic E-state index is -0.917. The van der Waals surface area contributed by atoms with Crippen molar-refractivity contribution in [1.82, 2.24) is 4.90 Å². The fraction of sp³-hybridized carbons (Fsp3) is 0.423. The number of benzene rings is 2. The molecule has 0 aromatic heterocycles. The van der Waals surface area contributed by atoms with Crippen LogP contribution < -0.4 is 4.90 Å². The van der Waals surface area contributed by atoms with Crippen LogP contribution in [0.2, 0.25) is 0 Å². The minimum absolute atomic E-state index is 0.101. The van der Waals surface area contributed by atoms with Gasteiger partial charge in [-0.1, -0.05) is 30.3 Å². The van der Waals surface area contributed by atoms with Crippen LogP contribution in [-0.4, -0.2) is 47.4 Å². The van der Waals surface area contributed by atoms with Crippen LogP contribution in [0.15, 0.2) is 42.5 Å². The third kappa shape index (κ3) is 5.01. The van der Waals surface area contributed by atoms with Gasteiger partial charge in [-0.05, 0) is 67.3 Å². The van der Waals surface area contributed by atoms with E-state index >= 15 is 0 Å². The number of carboxylic acid groups (broad SMARTS) is 1. The van der Waals surface area contributed by atoms with Gasteiger partial charge in [0.15, 0.2) is 5.78 Å². The standard InChI is InChI=1S/C26H30N2O4/c29-23(10-4-5-14-27(26(31)32)16-13-19-7-2-1-3-8-19)22-17-20-9-6-15-28-24(30)12-11-21(18-22)25(20)28/h1-3,7-8,17-18H,4-6,9-16H2,(H,31,32). The molecule has 0 atom stereocenters. The third-order valence-electron chi connectivity index (χ3n) is 6.46. The summed E-state index contributed by atoms with van der Waals surface area (Å²) < 4.78 is 0. The maximum Gasteiger partial charge on any atom is 0.407 e. The Kier molecular flexibility index (Phi) is 6.88. The fourth-order valence-electron chi connectivity index (χ4n) is 4.76. The van der Waals surface area contributed by atoms with Gasteiger partial charge in [0.05, 0.1) is 5.69 Å². The van der Waals surface area contributed by atoms with Crippen LogP contribution in [0, 0.1) is 0 Å². The SMILES string of the molecule is O=C(CCCCN(CCc1ccccc1)C(=O)O)c1cc2c3c(c1)CCC(=O)N3CCC2. The highest BCUT2D eigenvalue weighted by Crippen LogP contribution is 2.36. The van der Waals surface area contributed by atoms with E-state index in [0.29, 0.717) is 51.6 Å². The molecule has 2 aromatic rings. The van der Waals surface area contributed by atoms with Gasteiger partial charge in [-0.3, -0.25) is 9.59 Å². The highest BCUT2D eigenvalue weighted by atomic mass is 16.4. The van der Waals surface area contributed by atoms with Crippen molar-refractivity contribution >= 4 is 23.5 Å². The van der Waals surface area contributed by atoms with E-state index < -0.39 is 6.09 Å². The zero-order valence-electron chi connectivity index (χ0n) is 18.4. The molecule has 1 N–H and O–H groups in total. The average Bonchev–Trinajstić information content (AvgIpc) is 2.81. The summed E-state index contributed by atoms with van der Waals surface area (Å²) >= 11 is 0. The number of Topliss-reactive ketones (excluding diaryl/α,β-unsaturated/α-hetero) is 1. The lowest BCUT2D eigenvalue weighted by Crippen LogP contribution is -2.39. The molecule has 0 radical (unpaired) electrons. The number of ketones is 1. The summed E-state index contributed by atoms with van der Waals surface area (Å²) in [5, 5.41) is 9.48. The van der Waals surface area contributed by atoms with Crippen LogP contribution in [0.3, 0.4) is 0 Å². The third-order valence-corrected chi connectivity index (χ3v) is 6.46. The Balaban J connectivity index is 1.30. The molecule has 0 saturated heterocycles. The van der Waals surface area contributed by atoms with Gasteiger partial charge < -0.3 is 14.9 Å². The van der Waals surface area contributed by atoms with Crippen LogP contribution in [-0.2, 0) is 24.1 Å². The van der Waals surface area contributed by atoms with E-state index in [1.165, 1.54) is 4.90 Å². The summed E-state index contributed by atoms with van der Waals surface area (Å²) in [6.07, 6.45) is 4.55. The molecule has 2 amide bonds. The zero-order valence-corrected chi connectivity index (χ0v) is 18.4. The predicted molar refractivity (Wildman–Crippen MR) is 123 cm³/mol. The Hall–Kier alpha value is -3.15. The van der Waals surface area contributed by atoms with Crippen molar-refractivity contribution in [2.45, 2.75) is 51.4 Å². The Morgan fingerprint density at radius 3 is 2.47 bits per heavy atom. The molecule has 168 valence electrons. The van der Waals surface area contributed by atoms with E-state index in [1.807, 2.05) is 47.4 Å². The molecule has 0 fully saturated rings. The lowest BCUT2D eigenvalue weighted by Gasteiger charge is -2.35. The highest BCUT2D eigenvalue weighted by molar-refractivity contribution is 6.01. The second-order valence-corrected chi connectivity index (χ2v) is 8.68. The summed E-state index contributed by atoms with van der Waals surface area (Å²) in [6.45, 7) is 1.66. The van der Waals surface area contributed by atoms with Gasteiger partial charge >= 0.3 is 6.09 Å². The number of rotatable bonds is 9. The van der Waals surface area contributed by atoms with E-state index in [1.54, 1.807) is 0 Å². The molecule has 0 aliphatic carbocycles. The maximum absolute atomic E-state index is 12.8. The molecule has 4 rings (SSSR count). The normalized spacial score (nSPS) is 14.8. The highest BCUT2D eigenvalue weighted by Gasteiger charge is 2.30. The Bertz CT molecular complexity index is 985. The quantitative estimate of drug-likeness (QED) is 0.466. The van der Waals surface area contributed by atoms with Gasteiger partial charge in [-0.25, -0.2) is 4.79 Å². The van der Waals surface area contributed by atoms with E-state index in [-0.39, 0.29) is 11.7 Å². The number of carbonyl (C=O) groups is 3. The topological polar surface area (TPSA) is 77.9 Å². The number of hydrogen-bond acceptors (Lipinski definition) is 3. The van der Waals surface area contributed by atoms with Gasteiger partial charge in [0.2, 0.25) is 5.91 Å². The molecule has 6 heteroatoms. The fourth-order valence-corrected chi connectivity index (χ4v) is 4.76. The number of hydrogen-bond donors (Lipinski definition) is 1. The Morgan fingerprint density at radius 2 is 1.72 bits per heavy atom. The molecule has 0 spiro atoms. The number of anilines is 1. The second-order valence-electron chi connectivity index (χ2n) is 8.68. The van der Waals surface area contributed by atoms with Crippen molar-refractivity contribution in [2.75, 3.05) is 24.5 Å². The molecule has 2 heterocycles. The first-order valence-electron chi connectivity index (χ1n) is 11.5. The number of nitrogens with zero attached hydrogens (tertiary/aromatic N) is 2. The van der Waals surface area contributed by atoms with Gasteiger partial charge in [0.25, 0.3) is 0 Å². The molecule has 32 heavy (non-hydrogen) atoms. The van der Waals surface area contributed by atoms with Crippen molar-refractivity contribution in [2.24, 2.45) is 0 Å². The second kappa shape index (κ2) is 9.98. The molecule has 0 unspecified atom stereocenters. The van der Waals surface area contributed by atoms with Crippen LogP contribution in [0.5, 0.6) is 0 Å². The molecule has 2 aromatic carbocycles. The first kappa shape index (κ1) is 22.1. The van der Waals surface area contributed by atoms with Crippen molar-refractivity contribution in [1.29, 1.82) is 0 Å². The van der Waals surface area contributed by atoms with E-state index in [9.17, 15) is 19.5 Å². The van der Waals surface area contributed by atoms with Gasteiger partial charge in [0, 0.05) is 38.0 Å². The lowest BCUT2D eigenvalue weighted by atomic mass is 9.88. The number of unbranched alkanes of at least 4 members (excludes halogenated alkanes) is 1. The monoisotopic (exact) mass is 434 g/mol. The van der Waals surface area contributed by atoms with Gasteiger partial charge in [-0.2, -0.15) is 0 Å². The molecule has 0 bridgehead atoms. The van der Waals surface area contributed by atoms with Crippen LogP contribution in [0.4, 0.5) is 10.5 Å². The van der Waals surface area contributed by atoms with E-state index in [2.05, 4.69) is 0 Å². The minimum Gasteiger partial charge on any atom is -0.465 e. The smallest absolute Gasteiger partial charge is 0.407 e. The van der Waals surface area contributed by atoms with Gasteiger partial charge in [-0.15, -0.1) is 0 Å². The molecule has 6 nitrogen and oxygen atoms in total. The van der Waals surface area contributed by atoms with Crippen LogP contribution >= 0.6 is 0 Å². The molecule has 0 saturated carbocycles. The summed E-state index contributed by atoms with van der Waals surface area (Å²) in [5.74, 6) is 0.289. The molecule has 2 aliphatic heterocycles. The summed E-state index contributed by atoms with van der Waals surface area (Å²) in [6, 6.07) is 13.8. The van der Waals surface area contributed by atoms with Crippen molar-refractivity contribution in [3.8, 4) is 0 Å². The maximum atomic E-state index is 12.8. The van der Waals surface area contributed by atoms with E-state index in [0.717, 1.165) is 47.3 Å². The predicted octanol–water partition coefficient (Wildman–Crippen LogP) is 4.49. The van der Waals surface area contributed by atoms with Crippen LogP contribution in [0.25, 0.3) is 0 Å². The van der Waals surface area contributed by atoms with Crippen molar-refractivity contribution in [3.63, 3.8) is 0 Å². The zero-order chi connectivity index (χ0) is 22.5. The lowest BCUT2D eigenvalue weighted by molar-refractivity contribution is -0.119. The first-order valence-corrected chi connectivity index (χ1v) is 11.5. The summed E-state index contributed by atoms with van der Waals surface area (Å²) in [5.41, 5.74) is 5.12. The average molecular weight is 435 g/mol. The number of amides is 2. The number of carbonyl (C=O) groups excluding carboxylic acids is 2. The van der Waals surface area contributed by atoms with Gasteiger partial charge in [0.1, 0.15) is 0 Å². The Labute approximate surface area is 188 Å². The Morgan fingerprint density at radius 1 is 0.969 bits per heavy atom. The summed E-state index contributed by atoms with van der Waals surface area (Å²) in [4.78, 5) is 39.9.